The number of hydrogen-bond acceptors (Lipinski definition) is 2. The molecule has 1 heterocycles. The first-order valence-electron chi connectivity index (χ1n) is 1.94. The highest BCUT2D eigenvalue weighted by Crippen LogP contribution is 1.96. The maximum atomic E-state index is 4.69. The molecule has 0 aromatic carbocycles. The molecule has 7 heavy (non-hydrogen) atoms. The fourth-order valence-electron chi connectivity index (χ4n) is 0.320. The highest BCUT2D eigenvalue weighted by molar-refractivity contribution is 7.80. The molecule has 0 atom stereocenters. The Hall–Kier alpha value is -0.440. The molecule has 1 aliphatic heterocycles. The predicted molar refractivity (Wildman–Crippen MR) is 31.1 cm³/mol. The fraction of sp³-hybridized carbons (Fsp3) is 0.250. The summed E-state index contributed by atoms with van der Waals surface area (Å²) in [6, 6.07) is 0. The van der Waals surface area contributed by atoms with Crippen LogP contribution in [0.5, 0.6) is 0 Å². The summed E-state index contributed by atoms with van der Waals surface area (Å²) < 4.78 is 4.69. The Morgan fingerprint density at radius 2 is 2.71 bits per heavy atom. The third-order valence-corrected chi connectivity index (χ3v) is 0.784. The molecule has 0 aromatic rings. The topological polar surface area (TPSA) is 21.6 Å². The molecule has 0 bridgehead atoms. The molecule has 37 valence electrons. The van der Waals surface area contributed by atoms with Gasteiger partial charge in [-0.15, -0.1) is 0 Å². The number of rotatable bonds is 0. The van der Waals surface area contributed by atoms with Crippen LogP contribution in [0.2, 0.25) is 0 Å². The van der Waals surface area contributed by atoms with Crippen LogP contribution in [0.3, 0.4) is 0 Å². The first-order valence-corrected chi connectivity index (χ1v) is 2.35. The molecule has 0 aliphatic carbocycles. The number of aliphatic imine (C=N–C) groups is 1. The second kappa shape index (κ2) is 2.02. The smallest absolute Gasteiger partial charge is 0.283 e. The summed E-state index contributed by atoms with van der Waals surface area (Å²) in [5.74, 6) is 0. The van der Waals surface area contributed by atoms with Gasteiger partial charge in [0.05, 0.1) is 0 Å². The van der Waals surface area contributed by atoms with Crippen LogP contribution in [0.4, 0.5) is 0 Å². The van der Waals surface area contributed by atoms with E-state index in [2.05, 4.69) is 21.9 Å². The maximum Gasteiger partial charge on any atom is 0.283 e. The molecule has 0 spiro atoms. The van der Waals surface area contributed by atoms with E-state index in [1.807, 2.05) is 0 Å². The van der Waals surface area contributed by atoms with Gasteiger partial charge < -0.3 is 4.74 Å². The lowest BCUT2D eigenvalue weighted by Crippen LogP contribution is -2.01. The number of thiocarbonyl (C=S) groups is 1. The first kappa shape index (κ1) is 4.71. The van der Waals surface area contributed by atoms with Gasteiger partial charge in [0.2, 0.25) is 0 Å². The first-order chi connectivity index (χ1) is 3.39. The Bertz CT molecular complexity index is 110. The number of hydrogen-bond donors (Lipinski definition) is 0. The third kappa shape index (κ3) is 1.23. The predicted octanol–water partition coefficient (Wildman–Crippen LogP) is 0.924. The van der Waals surface area contributed by atoms with Crippen molar-refractivity contribution >= 4 is 23.6 Å². The monoisotopic (exact) mass is 114 g/mol. The van der Waals surface area contributed by atoms with Crippen molar-refractivity contribution in [3.05, 3.63) is 6.61 Å². The summed E-state index contributed by atoms with van der Waals surface area (Å²) >= 11 is 4.55. The van der Waals surface area contributed by atoms with E-state index in [1.54, 1.807) is 12.8 Å². The summed E-state index contributed by atoms with van der Waals surface area (Å²) in [4.78, 5) is 3.68. The van der Waals surface area contributed by atoms with Crippen molar-refractivity contribution in [2.75, 3.05) is 0 Å². The second-order valence-electron chi connectivity index (χ2n) is 1.10. The largest absolute Gasteiger partial charge is 0.462 e. The van der Waals surface area contributed by atoms with Crippen LogP contribution in [0.25, 0.3) is 0 Å². The van der Waals surface area contributed by atoms with E-state index in [4.69, 9.17) is 0 Å². The third-order valence-electron chi connectivity index (χ3n) is 0.582. The highest BCUT2D eigenvalue weighted by atomic mass is 32.1. The lowest BCUT2D eigenvalue weighted by atomic mass is 10.5. The standard InChI is InChI=1S/C4H4NOS/c7-4-5-2-1-3-6-4/h2-3H,1H2. The minimum absolute atomic E-state index is 0.311. The quantitative estimate of drug-likeness (QED) is 0.437. The van der Waals surface area contributed by atoms with Crippen LogP contribution in [0, 0.1) is 6.61 Å². The normalized spacial score (nSPS) is 19.1. The van der Waals surface area contributed by atoms with Crippen molar-refractivity contribution in [2.24, 2.45) is 4.99 Å². The fourth-order valence-corrected chi connectivity index (χ4v) is 0.463. The van der Waals surface area contributed by atoms with Crippen LogP contribution >= 0.6 is 12.2 Å². The molecule has 0 saturated heterocycles. The molecule has 0 amide bonds. The van der Waals surface area contributed by atoms with E-state index in [-0.39, 0.29) is 0 Å². The second-order valence-corrected chi connectivity index (χ2v) is 1.45. The van der Waals surface area contributed by atoms with Crippen molar-refractivity contribution < 1.29 is 4.74 Å². The summed E-state index contributed by atoms with van der Waals surface area (Å²) in [5.41, 5.74) is 0. The van der Waals surface area contributed by atoms with Gasteiger partial charge in [0.25, 0.3) is 5.17 Å². The van der Waals surface area contributed by atoms with Crippen molar-refractivity contribution in [1.82, 2.24) is 0 Å². The molecule has 1 radical (unpaired) electrons. The molecular formula is C4H4NOS. The van der Waals surface area contributed by atoms with Gasteiger partial charge in [-0.05, 0) is 12.2 Å². The van der Waals surface area contributed by atoms with Crippen molar-refractivity contribution in [1.29, 1.82) is 0 Å². The molecule has 3 heteroatoms. The molecule has 0 fully saturated rings. The zero-order valence-electron chi connectivity index (χ0n) is 3.63. The Kier molecular flexibility index (Phi) is 1.36. The van der Waals surface area contributed by atoms with Crippen LogP contribution < -0.4 is 0 Å². The summed E-state index contributed by atoms with van der Waals surface area (Å²) in [5, 5.41) is 0.311. The SMILES string of the molecule is S=C1N=CC[CH]O1. The zero-order chi connectivity index (χ0) is 5.11. The average Bonchev–Trinajstić information content (AvgIpc) is 1.69. The van der Waals surface area contributed by atoms with E-state index in [1.165, 1.54) is 0 Å². The van der Waals surface area contributed by atoms with E-state index in [0.717, 1.165) is 6.42 Å². The molecule has 0 unspecified atom stereocenters. The van der Waals surface area contributed by atoms with Gasteiger partial charge in [-0.25, -0.2) is 4.99 Å². The summed E-state index contributed by atoms with van der Waals surface area (Å²) in [6.45, 7) is 1.62. The van der Waals surface area contributed by atoms with Crippen molar-refractivity contribution in [3.63, 3.8) is 0 Å². The van der Waals surface area contributed by atoms with E-state index in [0.29, 0.717) is 5.17 Å². The van der Waals surface area contributed by atoms with Crippen LogP contribution in [-0.2, 0) is 4.74 Å². The van der Waals surface area contributed by atoms with E-state index in [9.17, 15) is 0 Å². The number of ether oxygens (including phenoxy) is 1. The van der Waals surface area contributed by atoms with Gasteiger partial charge in [-0.2, -0.15) is 0 Å². The summed E-state index contributed by atoms with van der Waals surface area (Å²) in [7, 11) is 0. The number of nitrogens with zero attached hydrogens (tertiary/aromatic N) is 1. The molecule has 0 aromatic heterocycles. The molecule has 2 nitrogen and oxygen atoms in total. The average molecular weight is 114 g/mol. The minimum atomic E-state index is 0.311. The molecule has 0 saturated carbocycles. The van der Waals surface area contributed by atoms with Gasteiger partial charge in [0, 0.05) is 12.6 Å². The van der Waals surface area contributed by atoms with E-state index >= 15 is 0 Å². The Morgan fingerprint density at radius 1 is 1.86 bits per heavy atom. The Labute approximate surface area is 47.2 Å². The van der Waals surface area contributed by atoms with Gasteiger partial charge in [-0.1, -0.05) is 0 Å². The van der Waals surface area contributed by atoms with E-state index < -0.39 is 0 Å². The Morgan fingerprint density at radius 3 is 3.00 bits per heavy atom. The lowest BCUT2D eigenvalue weighted by molar-refractivity contribution is 0.396. The van der Waals surface area contributed by atoms with Crippen molar-refractivity contribution in [2.45, 2.75) is 6.42 Å². The summed E-state index contributed by atoms with van der Waals surface area (Å²) in [6.07, 6.45) is 2.48. The molecule has 0 N–H and O–H groups in total. The van der Waals surface area contributed by atoms with Crippen LogP contribution in [-0.4, -0.2) is 11.4 Å². The minimum Gasteiger partial charge on any atom is -0.462 e. The van der Waals surface area contributed by atoms with Gasteiger partial charge in [-0.3, -0.25) is 0 Å². The van der Waals surface area contributed by atoms with Crippen LogP contribution in [0.15, 0.2) is 4.99 Å². The Balaban J connectivity index is 2.51. The lowest BCUT2D eigenvalue weighted by Gasteiger charge is -2.02. The highest BCUT2D eigenvalue weighted by Gasteiger charge is 1.96. The van der Waals surface area contributed by atoms with Crippen LogP contribution in [0.1, 0.15) is 6.42 Å². The zero-order valence-corrected chi connectivity index (χ0v) is 4.44. The maximum absolute atomic E-state index is 4.69. The van der Waals surface area contributed by atoms with Gasteiger partial charge in [0.1, 0.15) is 6.61 Å². The van der Waals surface area contributed by atoms with Crippen molar-refractivity contribution in [3.8, 4) is 0 Å². The molecule has 1 aliphatic rings. The van der Waals surface area contributed by atoms with Gasteiger partial charge >= 0.3 is 0 Å². The molecule has 1 rings (SSSR count). The van der Waals surface area contributed by atoms with Gasteiger partial charge in [0.15, 0.2) is 0 Å². The molecular weight excluding hydrogens is 110 g/mol.